The molecule has 9 heteroatoms. The minimum Gasteiger partial charge on any atom is -0.493 e. The van der Waals surface area contributed by atoms with E-state index >= 15 is 0 Å². The number of esters is 1. The topological polar surface area (TPSA) is 134 Å². The highest BCUT2D eigenvalue weighted by Crippen LogP contribution is 2.35. The number of carbonyl (C=O) groups is 3. The Morgan fingerprint density at radius 2 is 1.64 bits per heavy atom. The number of hydrogen-bond acceptors (Lipinski definition) is 8. The van der Waals surface area contributed by atoms with Crippen LogP contribution in [0.25, 0.3) is 0 Å². The second kappa shape index (κ2) is 19.7. The van der Waals surface area contributed by atoms with E-state index in [0.717, 1.165) is 18.4 Å². The monoisotopic (exact) mass is 621 g/mol. The Morgan fingerprint density at radius 3 is 2.18 bits per heavy atom. The number of methoxy groups -OCH3 is 2. The van der Waals surface area contributed by atoms with E-state index in [1.165, 1.54) is 0 Å². The lowest BCUT2D eigenvalue weighted by Gasteiger charge is -2.32. The number of Topliss-reactive ketones (excluding diaryl/α,β-unsaturated/α-hetero) is 1. The molecule has 0 fully saturated rings. The molecule has 3 N–H and O–H groups in total. The highest BCUT2D eigenvalue weighted by molar-refractivity contribution is 5.84. The van der Waals surface area contributed by atoms with E-state index in [0.29, 0.717) is 37.6 Å². The lowest BCUT2D eigenvalue weighted by atomic mass is 9.75. The summed E-state index contributed by atoms with van der Waals surface area (Å²) in [5, 5.41) is 11.6. The fraction of sp³-hybridized carbons (Fsp3) is 0.743. The molecule has 0 spiro atoms. The maximum Gasteiger partial charge on any atom is 0.306 e. The van der Waals surface area contributed by atoms with E-state index in [1.807, 2.05) is 32.0 Å². The standard InChI is InChI=1S/C35H59NO8/c1-10-43-33(39)21-27(30(38)22-28(24(4)5)29(37)14-15-35(6,7)34(36)40)20-26(23(2)3)18-25-12-13-31(42-9)32(19-25)44-17-11-16-41-8/h12-13,19,23-24,26-28,30,38H,10-11,14-18,20-22H2,1-9H3,(H2,36,40)/t26-,27+,28-,30-/m0/s1. The molecular weight excluding hydrogens is 562 g/mol. The SMILES string of the molecule is CCOC(=O)C[C@@H](C[C@H](Cc1ccc(OC)c(OCCCOC)c1)C(C)C)[C@@H](O)C[C@H](C(=O)CCC(C)(C)C(N)=O)C(C)C. The van der Waals surface area contributed by atoms with Crippen molar-refractivity contribution in [2.45, 2.75) is 99.5 Å². The van der Waals surface area contributed by atoms with Crippen molar-refractivity contribution in [3.8, 4) is 11.5 Å². The molecule has 0 aliphatic heterocycles. The molecule has 0 unspecified atom stereocenters. The van der Waals surface area contributed by atoms with E-state index in [-0.39, 0.29) is 61.3 Å². The van der Waals surface area contributed by atoms with Gasteiger partial charge in [-0.25, -0.2) is 0 Å². The van der Waals surface area contributed by atoms with Gasteiger partial charge in [-0.1, -0.05) is 47.6 Å². The average Bonchev–Trinajstić information content (AvgIpc) is 2.95. The Kier molecular flexibility index (Phi) is 17.6. The van der Waals surface area contributed by atoms with Crippen LogP contribution in [-0.2, 0) is 30.3 Å². The number of benzene rings is 1. The molecule has 1 rings (SSSR count). The summed E-state index contributed by atoms with van der Waals surface area (Å²) < 4.78 is 21.9. The fourth-order valence-electron chi connectivity index (χ4n) is 5.41. The van der Waals surface area contributed by atoms with E-state index in [2.05, 4.69) is 13.8 Å². The van der Waals surface area contributed by atoms with E-state index in [4.69, 9.17) is 24.7 Å². The van der Waals surface area contributed by atoms with Crippen molar-refractivity contribution in [3.05, 3.63) is 23.8 Å². The lowest BCUT2D eigenvalue weighted by molar-refractivity contribution is -0.145. The number of nitrogens with two attached hydrogens (primary N) is 1. The van der Waals surface area contributed by atoms with Gasteiger partial charge in [0.05, 0.1) is 32.8 Å². The largest absolute Gasteiger partial charge is 0.493 e. The van der Waals surface area contributed by atoms with Crippen LogP contribution >= 0.6 is 0 Å². The van der Waals surface area contributed by atoms with Crippen molar-refractivity contribution in [1.29, 1.82) is 0 Å². The van der Waals surface area contributed by atoms with Gasteiger partial charge in [0.2, 0.25) is 5.91 Å². The van der Waals surface area contributed by atoms with Gasteiger partial charge in [-0.2, -0.15) is 0 Å². The predicted molar refractivity (Wildman–Crippen MR) is 173 cm³/mol. The summed E-state index contributed by atoms with van der Waals surface area (Å²) in [5.41, 5.74) is 5.80. The number of rotatable bonds is 23. The minimum atomic E-state index is -0.878. The first kappa shape index (κ1) is 39.4. The summed E-state index contributed by atoms with van der Waals surface area (Å²) in [7, 11) is 3.27. The molecule has 0 bridgehead atoms. The Labute approximate surface area is 265 Å². The van der Waals surface area contributed by atoms with Crippen LogP contribution in [0, 0.1) is 35.0 Å². The first-order valence-electron chi connectivity index (χ1n) is 16.1. The summed E-state index contributed by atoms with van der Waals surface area (Å²) in [5.74, 6) is 0.126. The molecule has 0 saturated heterocycles. The molecule has 9 nitrogen and oxygen atoms in total. The summed E-state index contributed by atoms with van der Waals surface area (Å²) in [6.07, 6.45) is 2.05. The number of ether oxygens (including phenoxy) is 4. The second-order valence-corrected chi connectivity index (χ2v) is 13.3. The van der Waals surface area contributed by atoms with Gasteiger partial charge in [-0.3, -0.25) is 14.4 Å². The van der Waals surface area contributed by atoms with Gasteiger partial charge < -0.3 is 29.8 Å². The molecule has 0 saturated carbocycles. The Hall–Kier alpha value is -2.65. The average molecular weight is 622 g/mol. The molecule has 1 aromatic carbocycles. The van der Waals surface area contributed by atoms with Gasteiger partial charge in [0.1, 0.15) is 5.78 Å². The number of aliphatic hydroxyl groups excluding tert-OH is 1. The molecule has 4 atom stereocenters. The van der Waals surface area contributed by atoms with Gasteiger partial charge in [0, 0.05) is 37.9 Å². The molecule has 44 heavy (non-hydrogen) atoms. The summed E-state index contributed by atoms with van der Waals surface area (Å²) >= 11 is 0. The number of carbonyl (C=O) groups excluding carboxylic acids is 3. The third kappa shape index (κ3) is 13.6. The molecule has 0 radical (unpaired) electrons. The molecule has 0 aliphatic rings. The summed E-state index contributed by atoms with van der Waals surface area (Å²) in [4.78, 5) is 37.8. The van der Waals surface area contributed by atoms with Crippen molar-refractivity contribution in [1.82, 2.24) is 0 Å². The molecule has 252 valence electrons. The zero-order chi connectivity index (χ0) is 33.4. The molecule has 0 aliphatic carbocycles. The molecule has 0 aromatic heterocycles. The predicted octanol–water partition coefficient (Wildman–Crippen LogP) is 5.77. The third-order valence-electron chi connectivity index (χ3n) is 8.68. The number of ketones is 1. The van der Waals surface area contributed by atoms with Crippen LogP contribution < -0.4 is 15.2 Å². The molecular formula is C35H59NO8. The van der Waals surface area contributed by atoms with Gasteiger partial charge >= 0.3 is 5.97 Å². The van der Waals surface area contributed by atoms with E-state index < -0.39 is 23.3 Å². The van der Waals surface area contributed by atoms with E-state index in [1.54, 1.807) is 35.0 Å². The van der Waals surface area contributed by atoms with Crippen LogP contribution in [0.15, 0.2) is 18.2 Å². The van der Waals surface area contributed by atoms with Crippen molar-refractivity contribution < 1.29 is 38.4 Å². The Balaban J connectivity index is 3.18. The van der Waals surface area contributed by atoms with Crippen LogP contribution in [0.1, 0.15) is 92.6 Å². The highest BCUT2D eigenvalue weighted by Gasteiger charge is 2.34. The quantitative estimate of drug-likeness (QED) is 0.116. The van der Waals surface area contributed by atoms with Gasteiger partial charge in [0.15, 0.2) is 11.5 Å². The van der Waals surface area contributed by atoms with Gasteiger partial charge in [-0.15, -0.1) is 0 Å². The number of hydrogen-bond donors (Lipinski definition) is 2. The maximum atomic E-state index is 13.3. The second-order valence-electron chi connectivity index (χ2n) is 13.3. The van der Waals surface area contributed by atoms with E-state index in [9.17, 15) is 19.5 Å². The highest BCUT2D eigenvalue weighted by atomic mass is 16.5. The lowest BCUT2D eigenvalue weighted by Crippen LogP contribution is -2.35. The smallest absolute Gasteiger partial charge is 0.306 e. The summed E-state index contributed by atoms with van der Waals surface area (Å²) in [6, 6.07) is 5.93. The molecule has 1 aromatic rings. The van der Waals surface area contributed by atoms with Crippen LogP contribution in [0.4, 0.5) is 0 Å². The zero-order valence-electron chi connectivity index (χ0n) is 28.6. The molecule has 1 amide bonds. The van der Waals surface area contributed by atoms with Crippen LogP contribution in [0.5, 0.6) is 11.5 Å². The zero-order valence-corrected chi connectivity index (χ0v) is 28.6. The first-order chi connectivity index (χ1) is 20.7. The number of aliphatic hydroxyl groups is 1. The fourth-order valence-corrected chi connectivity index (χ4v) is 5.41. The summed E-state index contributed by atoms with van der Waals surface area (Å²) in [6.45, 7) is 14.8. The third-order valence-corrected chi connectivity index (χ3v) is 8.68. The van der Waals surface area contributed by atoms with Crippen molar-refractivity contribution >= 4 is 17.7 Å². The number of amides is 1. The van der Waals surface area contributed by atoms with Crippen molar-refractivity contribution in [2.75, 3.05) is 34.0 Å². The van der Waals surface area contributed by atoms with Gasteiger partial charge in [0.25, 0.3) is 0 Å². The molecule has 0 heterocycles. The van der Waals surface area contributed by atoms with Crippen molar-refractivity contribution in [3.63, 3.8) is 0 Å². The first-order valence-corrected chi connectivity index (χ1v) is 16.1. The van der Waals surface area contributed by atoms with Crippen LogP contribution in [0.2, 0.25) is 0 Å². The van der Waals surface area contributed by atoms with Crippen molar-refractivity contribution in [2.24, 2.45) is 40.7 Å². The normalized spacial score (nSPS) is 14.6. The minimum absolute atomic E-state index is 0.0000641. The number of primary amides is 1. The van der Waals surface area contributed by atoms with Crippen LogP contribution in [0.3, 0.4) is 0 Å². The Bertz CT molecular complexity index is 1020. The maximum absolute atomic E-state index is 13.3. The van der Waals surface area contributed by atoms with Crippen LogP contribution in [-0.4, -0.2) is 62.9 Å². The Morgan fingerprint density at radius 1 is 0.955 bits per heavy atom. The van der Waals surface area contributed by atoms with Gasteiger partial charge in [-0.05, 0) is 74.0 Å².